The highest BCUT2D eigenvalue weighted by Gasteiger charge is 2.13. The van der Waals surface area contributed by atoms with E-state index in [-0.39, 0.29) is 11.9 Å². The number of hydrogen-bond acceptors (Lipinski definition) is 1. The number of benzene rings is 2. The van der Waals surface area contributed by atoms with E-state index in [0.717, 1.165) is 22.3 Å². The van der Waals surface area contributed by atoms with Crippen molar-refractivity contribution in [3.05, 3.63) is 69.5 Å². The molecule has 2 aromatic rings. The minimum absolute atomic E-state index is 0.274. The highest BCUT2D eigenvalue weighted by atomic mass is 35.5. The number of hydrogen-bond donors (Lipinski definition) is 1. The Labute approximate surface area is 111 Å². The molecular weight excluding hydrogens is 249 g/mol. The van der Waals surface area contributed by atoms with E-state index in [9.17, 15) is 4.39 Å². The minimum atomic E-state index is -0.362. The fourth-order valence-corrected chi connectivity index (χ4v) is 2.12. The Morgan fingerprint density at radius 1 is 1.06 bits per heavy atom. The van der Waals surface area contributed by atoms with Gasteiger partial charge in [-0.3, -0.25) is 0 Å². The van der Waals surface area contributed by atoms with Crippen LogP contribution >= 0.6 is 11.6 Å². The molecule has 1 nitrogen and oxygen atoms in total. The molecule has 0 aliphatic carbocycles. The highest BCUT2D eigenvalue weighted by Crippen LogP contribution is 2.26. The van der Waals surface area contributed by atoms with Gasteiger partial charge in [-0.1, -0.05) is 29.8 Å². The van der Waals surface area contributed by atoms with Gasteiger partial charge in [0.2, 0.25) is 0 Å². The van der Waals surface area contributed by atoms with Crippen molar-refractivity contribution in [2.24, 2.45) is 5.73 Å². The third-order valence-corrected chi connectivity index (χ3v) is 3.54. The van der Waals surface area contributed by atoms with Gasteiger partial charge in [-0.15, -0.1) is 0 Å². The van der Waals surface area contributed by atoms with Crippen LogP contribution in [0.15, 0.2) is 36.4 Å². The number of aryl methyl sites for hydroxylation is 2. The van der Waals surface area contributed by atoms with Crippen LogP contribution in [0, 0.1) is 19.7 Å². The third kappa shape index (κ3) is 2.55. The van der Waals surface area contributed by atoms with E-state index in [0.29, 0.717) is 5.02 Å². The van der Waals surface area contributed by atoms with Crippen LogP contribution in [0.1, 0.15) is 28.3 Å². The molecule has 0 bridgehead atoms. The van der Waals surface area contributed by atoms with E-state index in [1.54, 1.807) is 6.07 Å². The highest BCUT2D eigenvalue weighted by molar-refractivity contribution is 6.31. The van der Waals surface area contributed by atoms with Crippen molar-refractivity contribution in [2.45, 2.75) is 19.9 Å². The summed E-state index contributed by atoms with van der Waals surface area (Å²) in [6, 6.07) is 9.98. The lowest BCUT2D eigenvalue weighted by Crippen LogP contribution is -2.13. The second kappa shape index (κ2) is 5.09. The molecule has 2 N–H and O–H groups in total. The van der Waals surface area contributed by atoms with E-state index in [1.165, 1.54) is 12.1 Å². The maximum atomic E-state index is 13.3. The first-order chi connectivity index (χ1) is 8.49. The van der Waals surface area contributed by atoms with Crippen molar-refractivity contribution in [1.82, 2.24) is 0 Å². The summed E-state index contributed by atoms with van der Waals surface area (Å²) >= 11 is 6.09. The fraction of sp³-hybridized carbons (Fsp3) is 0.200. The zero-order valence-corrected chi connectivity index (χ0v) is 11.1. The Kier molecular flexibility index (Phi) is 3.69. The average Bonchev–Trinajstić information content (AvgIpc) is 2.35. The predicted octanol–water partition coefficient (Wildman–Crippen LogP) is 4.14. The van der Waals surface area contributed by atoms with Crippen LogP contribution in [0.5, 0.6) is 0 Å². The molecule has 3 heteroatoms. The lowest BCUT2D eigenvalue weighted by Gasteiger charge is -2.16. The fourth-order valence-electron chi connectivity index (χ4n) is 1.93. The molecular formula is C15H15ClFN. The van der Waals surface area contributed by atoms with Crippen LogP contribution in [0.2, 0.25) is 5.02 Å². The predicted molar refractivity (Wildman–Crippen MR) is 73.4 cm³/mol. The topological polar surface area (TPSA) is 26.0 Å². The van der Waals surface area contributed by atoms with Crippen LogP contribution in [-0.2, 0) is 0 Å². The molecule has 0 fully saturated rings. The lowest BCUT2D eigenvalue weighted by molar-refractivity contribution is 0.622. The van der Waals surface area contributed by atoms with Crippen LogP contribution in [0.4, 0.5) is 4.39 Å². The molecule has 0 heterocycles. The minimum Gasteiger partial charge on any atom is -0.320 e. The van der Waals surface area contributed by atoms with E-state index in [4.69, 9.17) is 17.3 Å². The first-order valence-electron chi connectivity index (χ1n) is 5.76. The molecule has 0 aliphatic rings. The Hall–Kier alpha value is -1.38. The van der Waals surface area contributed by atoms with Gasteiger partial charge in [-0.25, -0.2) is 4.39 Å². The monoisotopic (exact) mass is 263 g/mol. The zero-order valence-electron chi connectivity index (χ0n) is 10.4. The van der Waals surface area contributed by atoms with E-state index < -0.39 is 0 Å². The van der Waals surface area contributed by atoms with Crippen molar-refractivity contribution in [3.63, 3.8) is 0 Å². The van der Waals surface area contributed by atoms with Gasteiger partial charge in [0.1, 0.15) is 5.82 Å². The molecule has 1 atom stereocenters. The van der Waals surface area contributed by atoms with Gasteiger partial charge in [0.25, 0.3) is 0 Å². The maximum absolute atomic E-state index is 13.3. The molecule has 2 rings (SSSR count). The standard InChI is InChI=1S/C15H15ClFN/c1-9-4-6-12(17)8-13(9)15(18)11-5-3-10(2)14(16)7-11/h3-8,15H,18H2,1-2H3. The van der Waals surface area contributed by atoms with Gasteiger partial charge in [-0.2, -0.15) is 0 Å². The second-order valence-electron chi connectivity index (χ2n) is 4.49. The van der Waals surface area contributed by atoms with Gasteiger partial charge >= 0.3 is 0 Å². The summed E-state index contributed by atoms with van der Waals surface area (Å²) in [5.74, 6) is -0.274. The van der Waals surface area contributed by atoms with Gasteiger partial charge in [0.05, 0.1) is 6.04 Å². The number of halogens is 2. The van der Waals surface area contributed by atoms with Gasteiger partial charge in [-0.05, 0) is 54.3 Å². The molecule has 0 spiro atoms. The first kappa shape index (κ1) is 13.1. The van der Waals surface area contributed by atoms with E-state index in [1.807, 2.05) is 32.0 Å². The normalized spacial score (nSPS) is 12.5. The molecule has 94 valence electrons. The van der Waals surface area contributed by atoms with Crippen molar-refractivity contribution < 1.29 is 4.39 Å². The summed E-state index contributed by atoms with van der Waals surface area (Å²) in [6.45, 7) is 3.86. The summed E-state index contributed by atoms with van der Waals surface area (Å²) in [4.78, 5) is 0. The smallest absolute Gasteiger partial charge is 0.123 e. The maximum Gasteiger partial charge on any atom is 0.123 e. The average molecular weight is 264 g/mol. The van der Waals surface area contributed by atoms with Crippen molar-refractivity contribution in [3.8, 4) is 0 Å². The quantitative estimate of drug-likeness (QED) is 0.866. The Balaban J connectivity index is 2.44. The first-order valence-corrected chi connectivity index (χ1v) is 6.14. The number of nitrogens with two attached hydrogens (primary N) is 1. The molecule has 2 aromatic carbocycles. The summed E-state index contributed by atoms with van der Waals surface area (Å²) in [7, 11) is 0. The second-order valence-corrected chi connectivity index (χ2v) is 4.89. The third-order valence-electron chi connectivity index (χ3n) is 3.13. The van der Waals surface area contributed by atoms with Gasteiger partial charge in [0.15, 0.2) is 0 Å². The molecule has 18 heavy (non-hydrogen) atoms. The Morgan fingerprint density at radius 3 is 2.39 bits per heavy atom. The molecule has 0 saturated carbocycles. The Bertz CT molecular complexity index is 581. The SMILES string of the molecule is Cc1ccc(C(N)c2cc(F)ccc2C)cc1Cl. The summed E-state index contributed by atoms with van der Waals surface area (Å²) in [6.07, 6.45) is 0. The van der Waals surface area contributed by atoms with Crippen LogP contribution < -0.4 is 5.73 Å². The van der Waals surface area contributed by atoms with Crippen molar-refractivity contribution in [2.75, 3.05) is 0 Å². The molecule has 0 aliphatic heterocycles. The number of rotatable bonds is 2. The lowest BCUT2D eigenvalue weighted by atomic mass is 9.95. The van der Waals surface area contributed by atoms with Crippen LogP contribution in [0.25, 0.3) is 0 Å². The largest absolute Gasteiger partial charge is 0.320 e. The summed E-state index contributed by atoms with van der Waals surface area (Å²) in [5.41, 5.74) is 9.83. The zero-order chi connectivity index (χ0) is 13.3. The summed E-state index contributed by atoms with van der Waals surface area (Å²) in [5, 5.41) is 0.678. The molecule has 0 saturated heterocycles. The molecule has 0 radical (unpaired) electrons. The van der Waals surface area contributed by atoms with Crippen molar-refractivity contribution >= 4 is 11.6 Å². The molecule has 0 aromatic heterocycles. The molecule has 0 amide bonds. The van der Waals surface area contributed by atoms with E-state index in [2.05, 4.69) is 0 Å². The Morgan fingerprint density at radius 2 is 1.72 bits per heavy atom. The van der Waals surface area contributed by atoms with Crippen LogP contribution in [-0.4, -0.2) is 0 Å². The van der Waals surface area contributed by atoms with E-state index >= 15 is 0 Å². The molecule has 1 unspecified atom stereocenters. The summed E-state index contributed by atoms with van der Waals surface area (Å²) < 4.78 is 13.3. The van der Waals surface area contributed by atoms with Crippen LogP contribution in [0.3, 0.4) is 0 Å². The van der Waals surface area contributed by atoms with Crippen molar-refractivity contribution in [1.29, 1.82) is 0 Å². The van der Waals surface area contributed by atoms with Gasteiger partial charge in [0, 0.05) is 5.02 Å². The van der Waals surface area contributed by atoms with Gasteiger partial charge < -0.3 is 5.73 Å².